The van der Waals surface area contributed by atoms with Gasteiger partial charge in [0.05, 0.1) is 11.2 Å². The van der Waals surface area contributed by atoms with Crippen molar-refractivity contribution in [1.82, 2.24) is 9.29 Å². The molecule has 0 aliphatic rings. The van der Waals surface area contributed by atoms with Gasteiger partial charge in [-0.05, 0) is 53.6 Å². The summed E-state index contributed by atoms with van der Waals surface area (Å²) < 4.78 is 43.7. The summed E-state index contributed by atoms with van der Waals surface area (Å²) in [6.45, 7) is 4.07. The molecular weight excluding hydrogens is 455 g/mol. The first-order valence-electron chi connectivity index (χ1n) is 10.6. The quantitative estimate of drug-likeness (QED) is 0.371. The SMILES string of the molecule is CNS(=O)(=O)Nc1ccc2cc(C(N)=O)n(-c3cccc(C(C)(C)c4ccc(F)cc4)c3)c2c1. The minimum absolute atomic E-state index is 0.264. The number of hydrogen-bond donors (Lipinski definition) is 3. The summed E-state index contributed by atoms with van der Waals surface area (Å²) in [6.07, 6.45) is 0. The van der Waals surface area contributed by atoms with Crippen molar-refractivity contribution in [2.24, 2.45) is 5.73 Å². The third kappa shape index (κ3) is 4.40. The van der Waals surface area contributed by atoms with Crippen LogP contribution < -0.4 is 15.2 Å². The Morgan fingerprint density at radius 3 is 2.32 bits per heavy atom. The van der Waals surface area contributed by atoms with Gasteiger partial charge in [-0.15, -0.1) is 0 Å². The molecule has 1 amide bonds. The van der Waals surface area contributed by atoms with E-state index in [4.69, 9.17) is 5.73 Å². The highest BCUT2D eigenvalue weighted by Crippen LogP contribution is 2.34. The van der Waals surface area contributed by atoms with Crippen LogP contribution in [-0.4, -0.2) is 25.9 Å². The van der Waals surface area contributed by atoms with E-state index in [9.17, 15) is 17.6 Å². The van der Waals surface area contributed by atoms with Crippen LogP contribution in [0.1, 0.15) is 35.5 Å². The van der Waals surface area contributed by atoms with Gasteiger partial charge in [-0.25, -0.2) is 9.11 Å². The molecule has 0 unspecified atom stereocenters. The van der Waals surface area contributed by atoms with E-state index in [-0.39, 0.29) is 11.5 Å². The van der Waals surface area contributed by atoms with E-state index in [0.29, 0.717) is 16.9 Å². The first-order valence-corrected chi connectivity index (χ1v) is 12.0. The normalized spacial score (nSPS) is 12.1. The topological polar surface area (TPSA) is 106 Å². The average Bonchev–Trinajstić information content (AvgIpc) is 3.18. The number of carbonyl (C=O) groups is 1. The van der Waals surface area contributed by atoms with E-state index in [0.717, 1.165) is 16.5 Å². The maximum Gasteiger partial charge on any atom is 0.298 e. The Balaban J connectivity index is 1.88. The molecule has 0 fully saturated rings. The molecule has 4 rings (SSSR count). The molecule has 4 aromatic rings. The fourth-order valence-corrected chi connectivity index (χ4v) is 4.54. The molecule has 7 nitrogen and oxygen atoms in total. The summed E-state index contributed by atoms with van der Waals surface area (Å²) in [7, 11) is -2.41. The Labute approximate surface area is 197 Å². The van der Waals surface area contributed by atoms with Gasteiger partial charge in [0, 0.05) is 23.5 Å². The van der Waals surface area contributed by atoms with E-state index in [2.05, 4.69) is 9.44 Å². The van der Waals surface area contributed by atoms with Gasteiger partial charge >= 0.3 is 0 Å². The lowest BCUT2D eigenvalue weighted by molar-refractivity contribution is 0.0994. The predicted octanol–water partition coefficient (Wildman–Crippen LogP) is 4.07. The van der Waals surface area contributed by atoms with Crippen LogP contribution in [-0.2, 0) is 15.6 Å². The van der Waals surface area contributed by atoms with Gasteiger partial charge in [-0.3, -0.25) is 9.52 Å². The molecule has 4 N–H and O–H groups in total. The number of anilines is 1. The van der Waals surface area contributed by atoms with Crippen LogP contribution in [0.15, 0.2) is 72.8 Å². The van der Waals surface area contributed by atoms with Crippen LogP contribution in [0.2, 0.25) is 0 Å². The van der Waals surface area contributed by atoms with Crippen molar-refractivity contribution in [2.45, 2.75) is 19.3 Å². The summed E-state index contributed by atoms with van der Waals surface area (Å²) in [5.74, 6) is -0.917. The number of nitrogens with zero attached hydrogens (tertiary/aromatic N) is 1. The van der Waals surface area contributed by atoms with Crippen molar-refractivity contribution in [3.63, 3.8) is 0 Å². The largest absolute Gasteiger partial charge is 0.364 e. The highest BCUT2D eigenvalue weighted by molar-refractivity contribution is 7.90. The lowest BCUT2D eigenvalue weighted by atomic mass is 9.78. The Hall–Kier alpha value is -3.69. The number of nitrogens with two attached hydrogens (primary N) is 1. The summed E-state index contributed by atoms with van der Waals surface area (Å²) in [4.78, 5) is 12.3. The first kappa shape index (κ1) is 23.5. The van der Waals surface area contributed by atoms with E-state index in [1.54, 1.807) is 41.0 Å². The molecule has 1 aromatic heterocycles. The number of nitrogens with one attached hydrogen (secondary N) is 2. The summed E-state index contributed by atoms with van der Waals surface area (Å²) in [6, 6.07) is 20.6. The van der Waals surface area contributed by atoms with E-state index < -0.39 is 21.5 Å². The molecule has 0 saturated carbocycles. The molecule has 176 valence electrons. The van der Waals surface area contributed by atoms with Crippen molar-refractivity contribution in [3.05, 3.63) is 95.4 Å². The van der Waals surface area contributed by atoms with Crippen LogP contribution in [0.25, 0.3) is 16.6 Å². The van der Waals surface area contributed by atoms with Gasteiger partial charge in [0.2, 0.25) is 0 Å². The molecule has 0 spiro atoms. The monoisotopic (exact) mass is 480 g/mol. The van der Waals surface area contributed by atoms with Crippen molar-refractivity contribution in [1.29, 1.82) is 0 Å². The maximum atomic E-state index is 13.5. The first-order chi connectivity index (χ1) is 16.0. The minimum Gasteiger partial charge on any atom is -0.364 e. The highest BCUT2D eigenvalue weighted by atomic mass is 32.2. The Kier molecular flexibility index (Phi) is 5.93. The Bertz CT molecular complexity index is 1490. The number of rotatable bonds is 7. The third-order valence-electron chi connectivity index (χ3n) is 5.97. The van der Waals surface area contributed by atoms with Crippen LogP contribution in [0, 0.1) is 5.82 Å². The number of halogens is 1. The number of hydrogen-bond acceptors (Lipinski definition) is 3. The van der Waals surface area contributed by atoms with Crippen molar-refractivity contribution >= 4 is 32.7 Å². The highest BCUT2D eigenvalue weighted by Gasteiger charge is 2.24. The predicted molar refractivity (Wildman–Crippen MR) is 132 cm³/mol. The molecule has 1 heterocycles. The molecule has 0 bridgehead atoms. The zero-order valence-corrected chi connectivity index (χ0v) is 19.8. The zero-order chi connectivity index (χ0) is 24.7. The van der Waals surface area contributed by atoms with Gasteiger partial charge in [0.1, 0.15) is 11.5 Å². The average molecular weight is 481 g/mol. The number of carbonyl (C=O) groups excluding carboxylic acids is 1. The van der Waals surface area contributed by atoms with E-state index in [1.165, 1.54) is 19.2 Å². The molecule has 34 heavy (non-hydrogen) atoms. The standard InChI is InChI=1S/C25H25FN4O3S/c1-25(2,17-8-10-19(26)11-9-17)18-5-4-6-21(14-18)30-22-15-20(29-34(32,33)28-3)12-7-16(22)13-23(30)24(27)31/h4-15,28-29H,1-3H3,(H2,27,31). The second-order valence-corrected chi connectivity index (χ2v) is 10.1. The Morgan fingerprint density at radius 2 is 1.68 bits per heavy atom. The lowest BCUT2D eigenvalue weighted by Crippen LogP contribution is -2.26. The second kappa shape index (κ2) is 8.58. The van der Waals surface area contributed by atoms with Crippen molar-refractivity contribution < 1.29 is 17.6 Å². The summed E-state index contributed by atoms with van der Waals surface area (Å²) in [5, 5.41) is 0.726. The fraction of sp³-hybridized carbons (Fsp3) is 0.160. The van der Waals surface area contributed by atoms with Gasteiger partial charge in [-0.2, -0.15) is 8.42 Å². The van der Waals surface area contributed by atoms with Crippen LogP contribution in [0.5, 0.6) is 0 Å². The minimum atomic E-state index is -3.72. The molecule has 0 aliphatic heterocycles. The van der Waals surface area contributed by atoms with Crippen molar-refractivity contribution in [3.8, 4) is 5.69 Å². The number of aromatic nitrogens is 1. The molecule has 0 radical (unpaired) electrons. The third-order valence-corrected chi connectivity index (χ3v) is 7.01. The lowest BCUT2D eigenvalue weighted by Gasteiger charge is -2.27. The number of benzene rings is 3. The smallest absolute Gasteiger partial charge is 0.298 e. The van der Waals surface area contributed by atoms with Gasteiger partial charge in [0.15, 0.2) is 0 Å². The van der Waals surface area contributed by atoms with E-state index in [1.807, 2.05) is 38.1 Å². The maximum absolute atomic E-state index is 13.5. The number of fused-ring (bicyclic) bond motifs is 1. The molecule has 9 heteroatoms. The number of primary amides is 1. The van der Waals surface area contributed by atoms with E-state index >= 15 is 0 Å². The molecule has 0 saturated heterocycles. The van der Waals surface area contributed by atoms with Crippen LogP contribution >= 0.6 is 0 Å². The van der Waals surface area contributed by atoms with Gasteiger partial charge in [-0.1, -0.05) is 44.2 Å². The molecule has 3 aromatic carbocycles. The summed E-state index contributed by atoms with van der Waals surface area (Å²) >= 11 is 0. The zero-order valence-electron chi connectivity index (χ0n) is 19.0. The molecule has 0 aliphatic carbocycles. The summed E-state index contributed by atoms with van der Waals surface area (Å²) in [5.41, 5.74) is 9.01. The Morgan fingerprint density at radius 1 is 0.971 bits per heavy atom. The molecular formula is C25H25FN4O3S. The number of amides is 1. The van der Waals surface area contributed by atoms with Gasteiger partial charge in [0.25, 0.3) is 16.1 Å². The van der Waals surface area contributed by atoms with Gasteiger partial charge < -0.3 is 10.3 Å². The molecule has 0 atom stereocenters. The fourth-order valence-electron chi connectivity index (χ4n) is 4.00. The van der Waals surface area contributed by atoms with Crippen LogP contribution in [0.4, 0.5) is 10.1 Å². The van der Waals surface area contributed by atoms with Crippen LogP contribution in [0.3, 0.4) is 0 Å². The van der Waals surface area contributed by atoms with Crippen molar-refractivity contribution in [2.75, 3.05) is 11.8 Å². The second-order valence-electron chi connectivity index (χ2n) is 8.49.